The molecule has 0 radical (unpaired) electrons. The van der Waals surface area contributed by atoms with Crippen LogP contribution in [0, 0.1) is 12.3 Å². The summed E-state index contributed by atoms with van der Waals surface area (Å²) in [4.78, 5) is 31.1. The number of fused-ring (bicyclic) bond motifs is 2. The molecule has 0 fully saturated rings. The summed E-state index contributed by atoms with van der Waals surface area (Å²) >= 11 is 0. The number of nitrogens with one attached hydrogen (secondary N) is 2. The lowest BCUT2D eigenvalue weighted by molar-refractivity contribution is 0.0950. The highest BCUT2D eigenvalue weighted by Gasteiger charge is 2.18. The summed E-state index contributed by atoms with van der Waals surface area (Å²) in [5.74, 6) is 0.415. The van der Waals surface area contributed by atoms with Crippen molar-refractivity contribution < 1.29 is 9.53 Å². The number of carbonyl (C=O) groups is 1. The third-order valence-electron chi connectivity index (χ3n) is 5.98. The maximum absolute atomic E-state index is 13.4. The summed E-state index contributed by atoms with van der Waals surface area (Å²) in [5, 5.41) is 12.0. The van der Waals surface area contributed by atoms with E-state index < -0.39 is 0 Å². The Morgan fingerprint density at radius 3 is 2.65 bits per heavy atom. The van der Waals surface area contributed by atoms with Crippen molar-refractivity contribution in [2.75, 3.05) is 13.7 Å². The van der Waals surface area contributed by atoms with Crippen LogP contribution in [0.2, 0.25) is 0 Å². The van der Waals surface area contributed by atoms with E-state index in [1.807, 2.05) is 44.2 Å². The minimum Gasteiger partial charge on any atom is -0.497 e. The van der Waals surface area contributed by atoms with E-state index in [1.54, 1.807) is 23.9 Å². The van der Waals surface area contributed by atoms with E-state index in [-0.39, 0.29) is 22.5 Å². The number of benzene rings is 1. The van der Waals surface area contributed by atoms with E-state index in [9.17, 15) is 9.59 Å². The van der Waals surface area contributed by atoms with Crippen LogP contribution >= 0.6 is 0 Å². The Morgan fingerprint density at radius 2 is 1.94 bits per heavy atom. The Morgan fingerprint density at radius 1 is 1.18 bits per heavy atom. The second kappa shape index (κ2) is 9.91. The monoisotopic (exact) mass is 459 g/mol. The van der Waals surface area contributed by atoms with Gasteiger partial charge in [0.25, 0.3) is 11.5 Å². The summed E-state index contributed by atoms with van der Waals surface area (Å²) in [6.45, 7) is 4.86. The molecular weight excluding hydrogens is 430 g/mol. The predicted molar refractivity (Wildman–Crippen MR) is 131 cm³/mol. The van der Waals surface area contributed by atoms with E-state index in [0.717, 1.165) is 29.7 Å². The van der Waals surface area contributed by atoms with E-state index in [4.69, 9.17) is 15.1 Å². The molecule has 8 heteroatoms. The van der Waals surface area contributed by atoms with Gasteiger partial charge in [-0.2, -0.15) is 0 Å². The average molecular weight is 460 g/mol. The Hall–Kier alpha value is -3.94. The summed E-state index contributed by atoms with van der Waals surface area (Å²) in [5.41, 5.74) is 2.80. The van der Waals surface area contributed by atoms with Gasteiger partial charge in [0.2, 0.25) is 0 Å². The molecule has 0 bridgehead atoms. The molecule has 0 unspecified atom stereocenters. The smallest absolute Gasteiger partial charge is 0.267 e. The number of hydrogen-bond donors (Lipinski definition) is 2. The molecule has 8 nitrogen and oxygen atoms in total. The largest absolute Gasteiger partial charge is 0.497 e. The van der Waals surface area contributed by atoms with Crippen LogP contribution in [-0.4, -0.2) is 33.5 Å². The molecule has 0 saturated carbocycles. The van der Waals surface area contributed by atoms with Crippen LogP contribution in [-0.2, 0) is 13.0 Å². The lowest BCUT2D eigenvalue weighted by atomic mass is 10.1. The van der Waals surface area contributed by atoms with Crippen molar-refractivity contribution in [1.29, 1.82) is 5.41 Å². The zero-order valence-corrected chi connectivity index (χ0v) is 19.7. The summed E-state index contributed by atoms with van der Waals surface area (Å²) in [6, 6.07) is 12.9. The third kappa shape index (κ3) is 4.44. The molecule has 3 aromatic heterocycles. The van der Waals surface area contributed by atoms with Crippen LogP contribution in [0.1, 0.15) is 41.3 Å². The molecule has 1 amide bonds. The molecule has 2 N–H and O–H groups in total. The molecule has 0 aliphatic carbocycles. The van der Waals surface area contributed by atoms with Crippen LogP contribution in [0.5, 0.6) is 5.75 Å². The van der Waals surface area contributed by atoms with Crippen LogP contribution in [0.25, 0.3) is 16.7 Å². The summed E-state index contributed by atoms with van der Waals surface area (Å²) < 4.78 is 8.39. The molecule has 4 rings (SSSR count). The highest BCUT2D eigenvalue weighted by molar-refractivity contribution is 5.96. The molecule has 1 aromatic carbocycles. The standard InChI is InChI=1S/C26H29N5O3/c1-4-5-13-28-25(32)20-16-21-24(29-23-17(2)7-6-14-31(23)26(21)33)30(22(20)27)15-12-18-8-10-19(34-3)11-9-18/h6-11,14,16,27H,4-5,12-13,15H2,1-3H3,(H,28,32). The fourth-order valence-electron chi connectivity index (χ4n) is 3.99. The Labute approximate surface area is 197 Å². The topological polar surface area (TPSA) is 101 Å². The zero-order valence-electron chi connectivity index (χ0n) is 19.7. The van der Waals surface area contributed by atoms with Gasteiger partial charge in [0.05, 0.1) is 18.1 Å². The van der Waals surface area contributed by atoms with Gasteiger partial charge in [0, 0.05) is 19.3 Å². The Balaban J connectivity index is 1.87. The van der Waals surface area contributed by atoms with Gasteiger partial charge >= 0.3 is 0 Å². The number of methoxy groups -OCH3 is 1. The molecule has 0 spiro atoms. The maximum atomic E-state index is 13.4. The van der Waals surface area contributed by atoms with Crippen molar-refractivity contribution in [2.24, 2.45) is 0 Å². The molecule has 0 aliphatic rings. The van der Waals surface area contributed by atoms with Crippen LogP contribution in [0.4, 0.5) is 0 Å². The van der Waals surface area contributed by atoms with Gasteiger partial charge in [-0.15, -0.1) is 0 Å². The van der Waals surface area contributed by atoms with Crippen LogP contribution in [0.3, 0.4) is 0 Å². The first-order valence-electron chi connectivity index (χ1n) is 11.5. The first kappa shape index (κ1) is 23.2. The second-order valence-corrected chi connectivity index (χ2v) is 8.30. The highest BCUT2D eigenvalue weighted by Crippen LogP contribution is 2.15. The van der Waals surface area contributed by atoms with E-state index in [1.165, 1.54) is 10.5 Å². The Bertz CT molecular complexity index is 1470. The van der Waals surface area contributed by atoms with E-state index in [0.29, 0.717) is 36.2 Å². The Kier molecular flexibility index (Phi) is 6.77. The number of nitrogens with zero attached hydrogens (tertiary/aromatic N) is 3. The van der Waals surface area contributed by atoms with Gasteiger partial charge in [0.15, 0.2) is 0 Å². The van der Waals surface area contributed by atoms with Crippen molar-refractivity contribution in [3.63, 3.8) is 0 Å². The van der Waals surface area contributed by atoms with Gasteiger partial charge in [0.1, 0.15) is 22.5 Å². The van der Waals surface area contributed by atoms with Crippen LogP contribution < -0.4 is 21.1 Å². The molecule has 176 valence electrons. The van der Waals surface area contributed by atoms with Crippen molar-refractivity contribution in [3.05, 3.63) is 81.2 Å². The van der Waals surface area contributed by atoms with Crippen molar-refractivity contribution in [3.8, 4) is 5.75 Å². The molecular formula is C26H29N5O3. The lowest BCUT2D eigenvalue weighted by Gasteiger charge is -2.15. The molecule has 34 heavy (non-hydrogen) atoms. The zero-order chi connectivity index (χ0) is 24.2. The SMILES string of the molecule is CCCCNC(=O)c1cc2c(=O)n3cccc(C)c3nc2n(CCc2ccc(OC)cc2)c1=N. The van der Waals surface area contributed by atoms with E-state index in [2.05, 4.69) is 5.32 Å². The number of ether oxygens (including phenoxy) is 1. The van der Waals surface area contributed by atoms with Crippen molar-refractivity contribution in [1.82, 2.24) is 19.3 Å². The summed E-state index contributed by atoms with van der Waals surface area (Å²) in [7, 11) is 1.62. The number of aryl methyl sites for hydroxylation is 3. The first-order valence-corrected chi connectivity index (χ1v) is 11.5. The first-order chi connectivity index (χ1) is 16.4. The number of hydrogen-bond acceptors (Lipinski definition) is 5. The normalized spacial score (nSPS) is 11.1. The third-order valence-corrected chi connectivity index (χ3v) is 5.98. The number of unbranched alkanes of at least 4 members (excludes halogenated alkanes) is 1. The molecule has 3 heterocycles. The molecule has 0 saturated heterocycles. The van der Waals surface area contributed by atoms with Crippen molar-refractivity contribution >= 4 is 22.6 Å². The minimum atomic E-state index is -0.354. The van der Waals surface area contributed by atoms with Crippen LogP contribution in [0.15, 0.2) is 53.5 Å². The molecule has 0 aliphatic heterocycles. The molecule has 4 aromatic rings. The quantitative estimate of drug-likeness (QED) is 0.312. The van der Waals surface area contributed by atoms with Gasteiger partial charge in [-0.1, -0.05) is 31.5 Å². The fourth-order valence-corrected chi connectivity index (χ4v) is 3.99. The summed E-state index contributed by atoms with van der Waals surface area (Å²) in [6.07, 6.45) is 4.07. The number of aromatic nitrogens is 3. The highest BCUT2D eigenvalue weighted by atomic mass is 16.5. The van der Waals surface area contributed by atoms with Crippen molar-refractivity contribution in [2.45, 2.75) is 39.7 Å². The maximum Gasteiger partial charge on any atom is 0.267 e. The second-order valence-electron chi connectivity index (χ2n) is 8.30. The fraction of sp³-hybridized carbons (Fsp3) is 0.308. The van der Waals surface area contributed by atoms with E-state index >= 15 is 0 Å². The predicted octanol–water partition coefficient (Wildman–Crippen LogP) is 3.22. The van der Waals surface area contributed by atoms with Gasteiger partial charge < -0.3 is 14.6 Å². The minimum absolute atomic E-state index is 0.0415. The molecule has 0 atom stereocenters. The van der Waals surface area contributed by atoms with Gasteiger partial charge in [-0.25, -0.2) is 4.98 Å². The number of pyridine rings is 2. The number of amides is 1. The average Bonchev–Trinajstić information content (AvgIpc) is 2.84. The van der Waals surface area contributed by atoms with Gasteiger partial charge in [-0.05, 0) is 55.2 Å². The number of carbonyl (C=O) groups excluding carboxylic acids is 1. The number of rotatable bonds is 8. The lowest BCUT2D eigenvalue weighted by Crippen LogP contribution is -2.35. The van der Waals surface area contributed by atoms with Gasteiger partial charge in [-0.3, -0.25) is 19.4 Å².